The third-order valence-electron chi connectivity index (χ3n) is 5.87. The van der Waals surface area contributed by atoms with Gasteiger partial charge in [0.05, 0.1) is 31.5 Å². The Balaban J connectivity index is 1.13. The van der Waals surface area contributed by atoms with Crippen molar-refractivity contribution in [1.29, 1.82) is 0 Å². The molecule has 0 radical (unpaired) electrons. The SMILES string of the molecule is COc1ccc2ccc(F)c(COCCC[C@H]3CN(c4ccc5c(c4)OCCO5)C(=O)O3)c2n1. The number of anilines is 1. The predicted molar refractivity (Wildman–Crippen MR) is 122 cm³/mol. The van der Waals surface area contributed by atoms with Crippen LogP contribution in [0.25, 0.3) is 10.9 Å². The minimum absolute atomic E-state index is 0.0944. The summed E-state index contributed by atoms with van der Waals surface area (Å²) in [6, 6.07) is 12.1. The van der Waals surface area contributed by atoms with Crippen molar-refractivity contribution in [1.82, 2.24) is 4.98 Å². The van der Waals surface area contributed by atoms with Crippen molar-refractivity contribution in [3.05, 3.63) is 53.8 Å². The number of fused-ring (bicyclic) bond motifs is 2. The van der Waals surface area contributed by atoms with Crippen LogP contribution in [0.4, 0.5) is 14.9 Å². The molecule has 0 aliphatic carbocycles. The van der Waals surface area contributed by atoms with Crippen LogP contribution in [0.15, 0.2) is 42.5 Å². The van der Waals surface area contributed by atoms with E-state index in [1.54, 1.807) is 29.2 Å². The van der Waals surface area contributed by atoms with Crippen LogP contribution in [-0.4, -0.2) is 50.7 Å². The maximum Gasteiger partial charge on any atom is 0.414 e. The summed E-state index contributed by atoms with van der Waals surface area (Å²) in [4.78, 5) is 18.3. The van der Waals surface area contributed by atoms with Crippen LogP contribution >= 0.6 is 0 Å². The molecule has 0 unspecified atom stereocenters. The van der Waals surface area contributed by atoms with Crippen LogP contribution in [0.3, 0.4) is 0 Å². The van der Waals surface area contributed by atoms with E-state index in [4.69, 9.17) is 23.7 Å². The second-order valence-corrected chi connectivity index (χ2v) is 8.09. The zero-order valence-corrected chi connectivity index (χ0v) is 18.8. The second kappa shape index (κ2) is 9.72. The molecule has 178 valence electrons. The van der Waals surface area contributed by atoms with E-state index < -0.39 is 0 Å². The molecule has 1 fully saturated rings. The average Bonchev–Trinajstić information content (AvgIpc) is 3.24. The van der Waals surface area contributed by atoms with Crippen molar-refractivity contribution in [2.75, 3.05) is 38.4 Å². The van der Waals surface area contributed by atoms with Gasteiger partial charge in [-0.25, -0.2) is 14.2 Å². The molecule has 0 N–H and O–H groups in total. The first-order valence-corrected chi connectivity index (χ1v) is 11.2. The van der Waals surface area contributed by atoms with E-state index in [0.29, 0.717) is 73.4 Å². The van der Waals surface area contributed by atoms with Gasteiger partial charge in [-0.3, -0.25) is 4.90 Å². The summed E-state index contributed by atoms with van der Waals surface area (Å²) < 4.78 is 42.0. The number of rotatable bonds is 8. The van der Waals surface area contributed by atoms with Gasteiger partial charge >= 0.3 is 6.09 Å². The average molecular weight is 468 g/mol. The highest BCUT2D eigenvalue weighted by Crippen LogP contribution is 2.35. The lowest BCUT2D eigenvalue weighted by atomic mass is 10.1. The van der Waals surface area contributed by atoms with Gasteiger partial charge in [0.25, 0.3) is 0 Å². The largest absolute Gasteiger partial charge is 0.486 e. The lowest BCUT2D eigenvalue weighted by Crippen LogP contribution is -2.25. The number of halogens is 1. The van der Waals surface area contributed by atoms with Crippen molar-refractivity contribution >= 4 is 22.7 Å². The Hall–Kier alpha value is -3.59. The molecule has 2 aromatic carbocycles. The van der Waals surface area contributed by atoms with E-state index in [2.05, 4.69) is 4.98 Å². The molecule has 9 heteroatoms. The summed E-state index contributed by atoms with van der Waals surface area (Å²) in [6.07, 6.45) is 0.664. The molecule has 3 aromatic rings. The molecule has 1 amide bonds. The van der Waals surface area contributed by atoms with Gasteiger partial charge in [-0.15, -0.1) is 0 Å². The van der Waals surface area contributed by atoms with Gasteiger partial charge in [0.2, 0.25) is 5.88 Å². The molecule has 1 atom stereocenters. The fourth-order valence-electron chi connectivity index (χ4n) is 4.13. The van der Waals surface area contributed by atoms with E-state index in [-0.39, 0.29) is 24.6 Å². The molecule has 2 aliphatic rings. The van der Waals surface area contributed by atoms with Crippen LogP contribution in [0.2, 0.25) is 0 Å². The highest BCUT2D eigenvalue weighted by Gasteiger charge is 2.32. The zero-order valence-electron chi connectivity index (χ0n) is 18.8. The summed E-state index contributed by atoms with van der Waals surface area (Å²) >= 11 is 0. The fourth-order valence-corrected chi connectivity index (χ4v) is 4.13. The minimum atomic E-state index is -0.388. The molecule has 3 heterocycles. The van der Waals surface area contributed by atoms with Gasteiger partial charge in [0.15, 0.2) is 11.5 Å². The normalized spacial score (nSPS) is 17.2. The zero-order chi connectivity index (χ0) is 23.5. The van der Waals surface area contributed by atoms with Crippen LogP contribution in [0.1, 0.15) is 18.4 Å². The van der Waals surface area contributed by atoms with E-state index in [9.17, 15) is 9.18 Å². The lowest BCUT2D eigenvalue weighted by Gasteiger charge is -2.21. The Morgan fingerprint density at radius 1 is 1.12 bits per heavy atom. The maximum atomic E-state index is 14.4. The molecule has 2 aliphatic heterocycles. The summed E-state index contributed by atoms with van der Waals surface area (Å²) in [7, 11) is 1.52. The number of nitrogens with zero attached hydrogens (tertiary/aromatic N) is 2. The van der Waals surface area contributed by atoms with Gasteiger partial charge < -0.3 is 23.7 Å². The summed E-state index contributed by atoms with van der Waals surface area (Å²) in [5, 5.41) is 0.817. The quantitative estimate of drug-likeness (QED) is 0.451. The highest BCUT2D eigenvalue weighted by molar-refractivity contribution is 5.90. The smallest absolute Gasteiger partial charge is 0.414 e. The molecule has 34 heavy (non-hydrogen) atoms. The van der Waals surface area contributed by atoms with Gasteiger partial charge in [0, 0.05) is 29.7 Å². The molecule has 0 bridgehead atoms. The number of carbonyl (C=O) groups is 1. The van der Waals surface area contributed by atoms with Crippen LogP contribution in [0, 0.1) is 5.82 Å². The molecule has 5 rings (SSSR count). The van der Waals surface area contributed by atoms with E-state index in [0.717, 1.165) is 5.39 Å². The number of pyridine rings is 1. The number of ether oxygens (including phenoxy) is 5. The molecule has 1 aromatic heterocycles. The van der Waals surface area contributed by atoms with Crippen molar-refractivity contribution in [2.45, 2.75) is 25.6 Å². The van der Waals surface area contributed by atoms with E-state index in [1.807, 2.05) is 12.1 Å². The first-order chi connectivity index (χ1) is 16.6. The monoisotopic (exact) mass is 468 g/mol. The van der Waals surface area contributed by atoms with Gasteiger partial charge in [-0.2, -0.15) is 0 Å². The minimum Gasteiger partial charge on any atom is -0.486 e. The summed E-state index contributed by atoms with van der Waals surface area (Å²) in [6.45, 7) is 1.94. The molecule has 0 spiro atoms. The van der Waals surface area contributed by atoms with Crippen molar-refractivity contribution in [3.8, 4) is 17.4 Å². The summed E-state index contributed by atoms with van der Waals surface area (Å²) in [5.74, 6) is 1.35. The Bertz CT molecular complexity index is 1200. The van der Waals surface area contributed by atoms with Crippen molar-refractivity contribution < 1.29 is 32.9 Å². The second-order valence-electron chi connectivity index (χ2n) is 8.09. The highest BCUT2D eigenvalue weighted by atomic mass is 19.1. The molecule has 1 saturated heterocycles. The number of carbonyl (C=O) groups excluding carboxylic acids is 1. The van der Waals surface area contributed by atoms with Gasteiger partial charge in [0.1, 0.15) is 25.1 Å². The molecule has 0 saturated carbocycles. The number of benzene rings is 2. The Kier molecular flexibility index (Phi) is 6.35. The third kappa shape index (κ3) is 4.56. The predicted octanol–water partition coefficient (Wildman–Crippen LogP) is 4.48. The van der Waals surface area contributed by atoms with Crippen LogP contribution in [0.5, 0.6) is 17.4 Å². The fraction of sp³-hybridized carbons (Fsp3) is 0.360. The number of hydrogen-bond donors (Lipinski definition) is 0. The van der Waals surface area contributed by atoms with Gasteiger partial charge in [-0.1, -0.05) is 0 Å². The molecular weight excluding hydrogens is 443 g/mol. The number of methoxy groups -OCH3 is 1. The van der Waals surface area contributed by atoms with Gasteiger partial charge in [-0.05, 0) is 43.2 Å². The number of cyclic esters (lactones) is 1. The summed E-state index contributed by atoms with van der Waals surface area (Å²) in [5.41, 5.74) is 1.63. The molecular formula is C25H25FN2O6. The first-order valence-electron chi connectivity index (χ1n) is 11.2. The van der Waals surface area contributed by atoms with E-state index in [1.165, 1.54) is 13.2 Å². The Morgan fingerprint density at radius 3 is 2.79 bits per heavy atom. The van der Waals surface area contributed by atoms with Crippen molar-refractivity contribution in [2.24, 2.45) is 0 Å². The molecule has 8 nitrogen and oxygen atoms in total. The van der Waals surface area contributed by atoms with Crippen molar-refractivity contribution in [3.63, 3.8) is 0 Å². The standard InChI is InChI=1S/C25H25FN2O6/c1-30-23-9-5-16-4-7-20(26)19(24(16)27-23)15-31-10-2-3-18-14-28(25(29)34-18)17-6-8-21-22(13-17)33-12-11-32-21/h4-9,13,18H,2-3,10-12,14-15H2,1H3/t18-/m0/s1. The van der Waals surface area contributed by atoms with Crippen LogP contribution < -0.4 is 19.1 Å². The number of hydrogen-bond acceptors (Lipinski definition) is 7. The van der Waals surface area contributed by atoms with E-state index >= 15 is 0 Å². The maximum absolute atomic E-state index is 14.4. The van der Waals surface area contributed by atoms with Crippen LogP contribution in [-0.2, 0) is 16.1 Å². The third-order valence-corrected chi connectivity index (χ3v) is 5.87. The number of amides is 1. The Morgan fingerprint density at radius 2 is 1.94 bits per heavy atom. The number of aromatic nitrogens is 1. The Labute approximate surface area is 196 Å². The lowest BCUT2D eigenvalue weighted by molar-refractivity contribution is 0.0964. The first kappa shape index (κ1) is 22.2. The topological polar surface area (TPSA) is 79.4 Å².